The van der Waals surface area contributed by atoms with Gasteiger partial charge in [0.05, 0.1) is 58.1 Å². The first-order chi connectivity index (χ1) is 18.2. The fourth-order valence-electron chi connectivity index (χ4n) is 3.58. The molecule has 12 nitrogen and oxygen atoms in total. The van der Waals surface area contributed by atoms with Crippen LogP contribution in [-0.4, -0.2) is 54.7 Å². The summed E-state index contributed by atoms with van der Waals surface area (Å²) in [6, 6.07) is 7.69. The summed E-state index contributed by atoms with van der Waals surface area (Å²) in [6.45, 7) is 6.52. The molecule has 0 radical (unpaired) electrons. The number of imidazole rings is 2. The minimum atomic E-state index is -0.833. The summed E-state index contributed by atoms with van der Waals surface area (Å²) in [4.78, 5) is 31.5. The lowest BCUT2D eigenvalue weighted by molar-refractivity contribution is -0.134. The third-order valence-electron chi connectivity index (χ3n) is 5.26. The maximum absolute atomic E-state index is 9.16. The van der Waals surface area contributed by atoms with E-state index in [4.69, 9.17) is 43.6 Å². The Kier molecular flexibility index (Phi) is 9.22. The number of nitrogens with one attached hydrogen (secondary N) is 4. The van der Waals surface area contributed by atoms with Gasteiger partial charge in [-0.15, -0.1) is 0 Å². The third-order valence-corrected chi connectivity index (χ3v) is 5.43. The second-order valence-electron chi connectivity index (χ2n) is 7.79. The predicted octanol–water partition coefficient (Wildman–Crippen LogP) is 4.41. The number of carbonyl (C=O) groups is 1. The number of nitriles is 2. The molecule has 0 aliphatic carbocycles. The number of aromatic amines is 2. The zero-order valence-electron chi connectivity index (χ0n) is 20.5. The van der Waals surface area contributed by atoms with E-state index in [2.05, 4.69) is 52.7 Å². The monoisotopic (exact) mass is 552 g/mol. The average molecular weight is 553 g/mol. The van der Waals surface area contributed by atoms with Gasteiger partial charge in [-0.05, 0) is 49.2 Å². The van der Waals surface area contributed by atoms with Crippen LogP contribution in [0.3, 0.4) is 0 Å². The van der Waals surface area contributed by atoms with Gasteiger partial charge in [-0.2, -0.15) is 10.5 Å². The Bertz CT molecular complexity index is 1630. The first kappa shape index (κ1) is 27.9. The number of carboxylic acid groups (broad SMARTS) is 1. The summed E-state index contributed by atoms with van der Waals surface area (Å²) in [6.07, 6.45) is 3.14. The number of aryl methyl sites for hydroxylation is 2. The number of fused-ring (bicyclic) bond motifs is 2. The van der Waals surface area contributed by atoms with E-state index in [-0.39, 0.29) is 4.63 Å². The standard InChI is InChI=1S/C12H12N6.C10H6Cl2N4.C2H4O2/c1-7-9(18-12-14-2-3-15-12)4-8(5-13)11-10(7)16-6-17-11;1-5-7(16-10(11)12)2-6(3-13)9-8(5)14-4-15-9;1-2(3)4/h4,6H,2-3H2,1H3,(H,16,17)(H2,14,15,18);2,4H,1H3,(H,14,15);1H3,(H,3,4). The van der Waals surface area contributed by atoms with Gasteiger partial charge >= 0.3 is 0 Å². The highest BCUT2D eigenvalue weighted by molar-refractivity contribution is 6.95. The summed E-state index contributed by atoms with van der Waals surface area (Å²) in [5.74, 6) is -0.0862. The van der Waals surface area contributed by atoms with Crippen LogP contribution in [0, 0.1) is 36.5 Å². The van der Waals surface area contributed by atoms with E-state index in [1.165, 1.54) is 6.33 Å². The van der Waals surface area contributed by atoms with Gasteiger partial charge in [-0.1, -0.05) is 0 Å². The summed E-state index contributed by atoms with van der Waals surface area (Å²) in [5, 5.41) is 31.9. The summed E-state index contributed by atoms with van der Waals surface area (Å²) < 4.78 is -0.0955. The van der Waals surface area contributed by atoms with Gasteiger partial charge in [0.1, 0.15) is 12.1 Å². The minimum Gasteiger partial charge on any atom is -0.481 e. The number of H-pyrrole nitrogens is 2. The highest BCUT2D eigenvalue weighted by atomic mass is 35.5. The molecular weight excluding hydrogens is 531 g/mol. The van der Waals surface area contributed by atoms with Crippen molar-refractivity contribution in [2.45, 2.75) is 20.8 Å². The lowest BCUT2D eigenvalue weighted by Gasteiger charge is -2.10. The second-order valence-corrected chi connectivity index (χ2v) is 8.70. The zero-order valence-corrected chi connectivity index (χ0v) is 22.0. The molecule has 0 bridgehead atoms. The molecule has 14 heteroatoms. The number of aromatic nitrogens is 4. The molecule has 5 rings (SSSR count). The van der Waals surface area contributed by atoms with E-state index in [0.717, 1.165) is 53.8 Å². The zero-order chi connectivity index (χ0) is 27.8. The van der Waals surface area contributed by atoms with Gasteiger partial charge in [-0.25, -0.2) is 15.0 Å². The van der Waals surface area contributed by atoms with Crippen LogP contribution in [0.15, 0.2) is 34.8 Å². The lowest BCUT2D eigenvalue weighted by atomic mass is 10.1. The Morgan fingerprint density at radius 3 is 2.11 bits per heavy atom. The Balaban J connectivity index is 0.000000186. The summed E-state index contributed by atoms with van der Waals surface area (Å²) in [7, 11) is 0. The van der Waals surface area contributed by atoms with Crippen molar-refractivity contribution in [3.05, 3.63) is 47.0 Å². The molecule has 0 saturated carbocycles. The van der Waals surface area contributed by atoms with Crippen LogP contribution in [0.5, 0.6) is 0 Å². The smallest absolute Gasteiger partial charge is 0.300 e. The molecule has 0 amide bonds. The van der Waals surface area contributed by atoms with Crippen LogP contribution in [0.1, 0.15) is 29.2 Å². The topological polar surface area (TPSA) is 191 Å². The van der Waals surface area contributed by atoms with E-state index in [1.807, 2.05) is 19.9 Å². The molecule has 1 aliphatic heterocycles. The molecule has 38 heavy (non-hydrogen) atoms. The molecule has 2 aromatic heterocycles. The predicted molar refractivity (Wildman–Crippen MR) is 147 cm³/mol. The van der Waals surface area contributed by atoms with Gasteiger partial charge < -0.3 is 25.7 Å². The van der Waals surface area contributed by atoms with E-state index in [1.54, 1.807) is 12.4 Å². The summed E-state index contributed by atoms with van der Waals surface area (Å²) in [5.41, 5.74) is 7.28. The Hall–Kier alpha value is -4.65. The number of hydrogen-bond donors (Lipinski definition) is 5. The van der Waals surface area contributed by atoms with E-state index in [9.17, 15) is 0 Å². The number of aliphatic carboxylic acids is 1. The van der Waals surface area contributed by atoms with Crippen molar-refractivity contribution in [3.8, 4) is 12.1 Å². The Labute approximate surface area is 227 Å². The van der Waals surface area contributed by atoms with Crippen LogP contribution in [0.2, 0.25) is 0 Å². The number of carboxylic acids is 1. The molecule has 0 fully saturated rings. The van der Waals surface area contributed by atoms with Gasteiger partial charge in [0, 0.05) is 30.3 Å². The molecule has 0 spiro atoms. The first-order valence-corrected chi connectivity index (χ1v) is 11.8. The number of hydrogen-bond acceptors (Lipinski definition) is 9. The van der Waals surface area contributed by atoms with Crippen molar-refractivity contribution in [2.75, 3.05) is 18.4 Å². The highest BCUT2D eigenvalue weighted by Gasteiger charge is 2.14. The van der Waals surface area contributed by atoms with Crippen LogP contribution in [0.25, 0.3) is 22.1 Å². The Morgan fingerprint density at radius 2 is 1.61 bits per heavy atom. The van der Waals surface area contributed by atoms with Crippen LogP contribution in [-0.2, 0) is 4.79 Å². The first-order valence-electron chi connectivity index (χ1n) is 11.0. The van der Waals surface area contributed by atoms with Crippen LogP contribution < -0.4 is 10.6 Å². The van der Waals surface area contributed by atoms with E-state index < -0.39 is 5.97 Å². The van der Waals surface area contributed by atoms with Crippen molar-refractivity contribution in [1.29, 1.82) is 10.5 Å². The molecule has 1 aliphatic rings. The number of guanidine groups is 1. The minimum absolute atomic E-state index is 0.0955. The summed E-state index contributed by atoms with van der Waals surface area (Å²) >= 11 is 11.0. The fourth-order valence-corrected chi connectivity index (χ4v) is 3.76. The van der Waals surface area contributed by atoms with Gasteiger partial charge in [-0.3, -0.25) is 9.79 Å². The number of anilines is 1. The number of nitrogens with zero attached hydrogens (tertiary/aromatic N) is 6. The normalized spacial score (nSPS) is 11.6. The van der Waals surface area contributed by atoms with Crippen LogP contribution in [0.4, 0.5) is 11.4 Å². The van der Waals surface area contributed by atoms with Crippen molar-refractivity contribution in [1.82, 2.24) is 25.3 Å². The molecule has 2 aromatic carbocycles. The Morgan fingerprint density at radius 1 is 1.05 bits per heavy atom. The molecular formula is C24H22Cl2N10O2. The average Bonchev–Trinajstić information content (AvgIpc) is 3.64. The molecule has 0 unspecified atom stereocenters. The quantitative estimate of drug-likeness (QED) is 0.225. The molecule has 5 N–H and O–H groups in total. The third kappa shape index (κ3) is 6.56. The molecule has 4 aromatic rings. The largest absolute Gasteiger partial charge is 0.481 e. The van der Waals surface area contributed by atoms with Crippen molar-refractivity contribution < 1.29 is 9.90 Å². The number of halogens is 2. The number of rotatable bonds is 2. The van der Waals surface area contributed by atoms with Crippen molar-refractivity contribution in [2.24, 2.45) is 9.98 Å². The molecule has 3 heterocycles. The maximum atomic E-state index is 9.16. The molecule has 194 valence electrons. The van der Waals surface area contributed by atoms with Gasteiger partial charge in [0.2, 0.25) is 0 Å². The van der Waals surface area contributed by atoms with E-state index >= 15 is 0 Å². The van der Waals surface area contributed by atoms with E-state index in [0.29, 0.717) is 27.8 Å². The van der Waals surface area contributed by atoms with Crippen LogP contribution >= 0.6 is 23.2 Å². The van der Waals surface area contributed by atoms with Crippen molar-refractivity contribution >= 4 is 73.2 Å². The maximum Gasteiger partial charge on any atom is 0.300 e. The SMILES string of the molecule is CC(=O)O.Cc1c(N=C(Cl)Cl)cc(C#N)c2[nH]cnc12.Cc1c(NC2=NCCN2)cc(C#N)c2[nH]cnc12. The lowest BCUT2D eigenvalue weighted by Crippen LogP contribution is -2.26. The van der Waals surface area contributed by atoms with Crippen molar-refractivity contribution in [3.63, 3.8) is 0 Å². The fraction of sp³-hybridized carbons (Fsp3) is 0.208. The highest BCUT2D eigenvalue weighted by Crippen LogP contribution is 2.29. The molecule has 0 atom stereocenters. The number of aliphatic imine (C=N–C) groups is 2. The van der Waals surface area contributed by atoms with Gasteiger partial charge in [0.25, 0.3) is 5.97 Å². The van der Waals surface area contributed by atoms with Gasteiger partial charge in [0.15, 0.2) is 10.6 Å². The second kappa shape index (κ2) is 12.5. The molecule has 0 saturated heterocycles. The number of benzene rings is 2.